The Bertz CT molecular complexity index is 3170. The van der Waals surface area contributed by atoms with Gasteiger partial charge in [0, 0.05) is 33.4 Å². The van der Waals surface area contributed by atoms with E-state index in [4.69, 9.17) is 4.42 Å². The summed E-state index contributed by atoms with van der Waals surface area (Å²) in [6.07, 6.45) is 14.7. The number of benzene rings is 8. The number of allylic oxidation sites excluding steroid dienone is 5. The SMILES string of the molecule is C=CCC.CCCC.Cc1ccccc1-c1cccc(-c2cccc(N(c3ccc(-c4cccc(C5=CCCC=C5)c4)cc3)c3ccc(-c4cccc5c4oc4ccccc45)cc3)c2C)c1C. The van der Waals surface area contributed by atoms with Crippen molar-refractivity contribution < 1.29 is 4.42 Å². The van der Waals surface area contributed by atoms with Gasteiger partial charge in [-0.15, -0.1) is 6.58 Å². The summed E-state index contributed by atoms with van der Waals surface area (Å²) in [6.45, 7) is 16.6. The molecule has 2 nitrogen and oxygen atoms in total. The van der Waals surface area contributed by atoms with Gasteiger partial charge in [-0.2, -0.15) is 0 Å². The predicted molar refractivity (Wildman–Crippen MR) is 292 cm³/mol. The molecule has 0 N–H and O–H groups in total. The third-order valence-corrected chi connectivity index (χ3v) is 12.9. The van der Waals surface area contributed by atoms with Crippen LogP contribution in [0.3, 0.4) is 0 Å². The number of aryl methyl sites for hydroxylation is 1. The predicted octanol–water partition coefficient (Wildman–Crippen LogP) is 19.8. The van der Waals surface area contributed by atoms with Gasteiger partial charge in [0.1, 0.15) is 11.2 Å². The van der Waals surface area contributed by atoms with Crippen LogP contribution < -0.4 is 4.90 Å². The van der Waals surface area contributed by atoms with Gasteiger partial charge in [-0.3, -0.25) is 0 Å². The Morgan fingerprint density at radius 2 is 1.06 bits per heavy atom. The smallest absolute Gasteiger partial charge is 0.143 e. The van der Waals surface area contributed by atoms with Crippen LogP contribution in [0.15, 0.2) is 211 Å². The molecule has 0 unspecified atom stereocenters. The van der Waals surface area contributed by atoms with Gasteiger partial charge in [-0.1, -0.05) is 191 Å². The first kappa shape index (κ1) is 46.1. The highest BCUT2D eigenvalue weighted by Gasteiger charge is 2.20. The number of anilines is 3. The normalized spacial score (nSPS) is 11.9. The number of unbranched alkanes of at least 4 members (excludes halogenated alkanes) is 1. The first-order chi connectivity index (χ1) is 32.8. The molecule has 0 aliphatic heterocycles. The fraction of sp³-hybridized carbons (Fsp3) is 0.169. The molecule has 1 aromatic heterocycles. The maximum atomic E-state index is 6.45. The van der Waals surface area contributed by atoms with E-state index in [0.29, 0.717) is 0 Å². The Labute approximate surface area is 399 Å². The van der Waals surface area contributed by atoms with Gasteiger partial charge in [-0.25, -0.2) is 0 Å². The molecule has 0 saturated heterocycles. The van der Waals surface area contributed by atoms with E-state index < -0.39 is 0 Å². The molecule has 0 fully saturated rings. The van der Waals surface area contributed by atoms with Crippen molar-refractivity contribution in [1.29, 1.82) is 0 Å². The lowest BCUT2D eigenvalue weighted by Gasteiger charge is -2.29. The molecule has 2 heteroatoms. The highest BCUT2D eigenvalue weighted by molar-refractivity contribution is 6.09. The Kier molecular flexibility index (Phi) is 14.9. The third-order valence-electron chi connectivity index (χ3n) is 12.9. The topological polar surface area (TPSA) is 16.4 Å². The molecular weight excluding hydrogens is 811 g/mol. The summed E-state index contributed by atoms with van der Waals surface area (Å²) >= 11 is 0. The van der Waals surface area contributed by atoms with Crippen LogP contribution in [-0.4, -0.2) is 0 Å². The lowest BCUT2D eigenvalue weighted by molar-refractivity contribution is 0.670. The summed E-state index contributed by atoms with van der Waals surface area (Å²) in [5.74, 6) is 0. The van der Waals surface area contributed by atoms with Crippen LogP contribution >= 0.6 is 0 Å². The van der Waals surface area contributed by atoms with Crippen molar-refractivity contribution in [2.45, 2.75) is 73.6 Å². The van der Waals surface area contributed by atoms with Crippen molar-refractivity contribution >= 4 is 44.6 Å². The van der Waals surface area contributed by atoms with Crippen LogP contribution in [0.1, 0.15) is 75.1 Å². The molecule has 1 aliphatic rings. The van der Waals surface area contributed by atoms with E-state index in [-0.39, 0.29) is 0 Å². The van der Waals surface area contributed by atoms with Gasteiger partial charge in [0.2, 0.25) is 0 Å². The number of para-hydroxylation sites is 2. The van der Waals surface area contributed by atoms with Crippen LogP contribution in [0.4, 0.5) is 17.1 Å². The van der Waals surface area contributed by atoms with Crippen LogP contribution in [0.5, 0.6) is 0 Å². The van der Waals surface area contributed by atoms with Gasteiger partial charge in [-0.05, 0) is 149 Å². The lowest BCUT2D eigenvalue weighted by Crippen LogP contribution is -2.12. The summed E-state index contributed by atoms with van der Waals surface area (Å²) in [7, 11) is 0. The second-order valence-electron chi connectivity index (χ2n) is 17.4. The monoisotopic (exact) mass is 873 g/mol. The second-order valence-corrected chi connectivity index (χ2v) is 17.4. The molecular formula is C65H63NO. The molecule has 9 aromatic rings. The summed E-state index contributed by atoms with van der Waals surface area (Å²) in [5.41, 5.74) is 21.1. The molecule has 8 aromatic carbocycles. The number of nitrogens with zero attached hydrogens (tertiary/aromatic N) is 1. The van der Waals surface area contributed by atoms with E-state index in [2.05, 4.69) is 235 Å². The standard InChI is InChI=1S/C57H45NO.C4H10.C4H8/c1-38-15-7-8-20-48(38)49-22-12-23-50(39(49)2)51-24-14-27-55(40(51)3)58(46-33-29-42(30-34-46)45-19-11-18-44(37-45)41-16-5-4-6-17-41)47-35-31-43(32-36-47)52-25-13-26-54-53-21-9-10-28-56(53)59-57(52)54;2*1-3-4-2/h5,7-37H,4,6H2,1-3H3;3-4H2,1-2H3;3H,1,4H2,2H3. The number of hydrogen-bond acceptors (Lipinski definition) is 2. The second kappa shape index (κ2) is 21.7. The Morgan fingerprint density at radius 1 is 0.507 bits per heavy atom. The van der Waals surface area contributed by atoms with Crippen molar-refractivity contribution in [3.05, 3.63) is 229 Å². The van der Waals surface area contributed by atoms with E-state index in [1.807, 2.05) is 18.2 Å². The summed E-state index contributed by atoms with van der Waals surface area (Å²) in [6, 6.07) is 63.8. The van der Waals surface area contributed by atoms with Gasteiger partial charge in [0.05, 0.1) is 0 Å². The first-order valence-corrected chi connectivity index (χ1v) is 24.1. The van der Waals surface area contributed by atoms with E-state index in [0.717, 1.165) is 69.4 Å². The minimum atomic E-state index is 0.908. The largest absolute Gasteiger partial charge is 0.455 e. The van der Waals surface area contributed by atoms with E-state index in [1.54, 1.807) is 0 Å². The van der Waals surface area contributed by atoms with Gasteiger partial charge in [0.25, 0.3) is 0 Å². The molecule has 1 heterocycles. The minimum Gasteiger partial charge on any atom is -0.455 e. The van der Waals surface area contributed by atoms with Crippen molar-refractivity contribution in [2.75, 3.05) is 4.90 Å². The van der Waals surface area contributed by atoms with Crippen molar-refractivity contribution in [1.82, 2.24) is 0 Å². The van der Waals surface area contributed by atoms with Crippen LogP contribution in [-0.2, 0) is 0 Å². The fourth-order valence-corrected chi connectivity index (χ4v) is 8.95. The van der Waals surface area contributed by atoms with Crippen molar-refractivity contribution in [3.63, 3.8) is 0 Å². The molecule has 1 aliphatic carbocycles. The van der Waals surface area contributed by atoms with E-state index in [9.17, 15) is 0 Å². The highest BCUT2D eigenvalue weighted by Crippen LogP contribution is 2.44. The average molecular weight is 874 g/mol. The average Bonchev–Trinajstić information content (AvgIpc) is 3.77. The quantitative estimate of drug-likeness (QED) is 0.127. The molecule has 67 heavy (non-hydrogen) atoms. The summed E-state index contributed by atoms with van der Waals surface area (Å²) in [4.78, 5) is 2.41. The Hall–Kier alpha value is -7.42. The number of hydrogen-bond donors (Lipinski definition) is 0. The zero-order chi connectivity index (χ0) is 46.7. The fourth-order valence-electron chi connectivity index (χ4n) is 8.95. The lowest BCUT2D eigenvalue weighted by atomic mass is 9.89. The number of furan rings is 1. The van der Waals surface area contributed by atoms with Crippen LogP contribution in [0, 0.1) is 20.8 Å². The molecule has 0 amide bonds. The highest BCUT2D eigenvalue weighted by atomic mass is 16.3. The third kappa shape index (κ3) is 10.1. The molecule has 0 atom stereocenters. The first-order valence-electron chi connectivity index (χ1n) is 24.1. The van der Waals surface area contributed by atoms with E-state index >= 15 is 0 Å². The molecule has 0 spiro atoms. The van der Waals surface area contributed by atoms with Gasteiger partial charge >= 0.3 is 0 Å². The van der Waals surface area contributed by atoms with Gasteiger partial charge in [0.15, 0.2) is 0 Å². The number of fused-ring (bicyclic) bond motifs is 3. The molecule has 0 bridgehead atoms. The van der Waals surface area contributed by atoms with Crippen LogP contribution in [0.2, 0.25) is 0 Å². The van der Waals surface area contributed by atoms with E-state index in [1.165, 1.54) is 74.0 Å². The maximum absolute atomic E-state index is 6.45. The zero-order valence-corrected chi connectivity index (χ0v) is 40.2. The number of rotatable bonds is 10. The Balaban J connectivity index is 0.000000707. The molecule has 0 saturated carbocycles. The van der Waals surface area contributed by atoms with Crippen molar-refractivity contribution in [3.8, 4) is 44.5 Å². The van der Waals surface area contributed by atoms with Gasteiger partial charge < -0.3 is 9.32 Å². The zero-order valence-electron chi connectivity index (χ0n) is 40.2. The van der Waals surface area contributed by atoms with Crippen molar-refractivity contribution in [2.24, 2.45) is 0 Å². The van der Waals surface area contributed by atoms with Crippen LogP contribution in [0.25, 0.3) is 72.0 Å². The molecule has 0 radical (unpaired) electrons. The summed E-state index contributed by atoms with van der Waals surface area (Å²) in [5, 5.41) is 2.27. The maximum Gasteiger partial charge on any atom is 0.143 e. The minimum absolute atomic E-state index is 0.908. The molecule has 334 valence electrons. The Morgan fingerprint density at radius 3 is 1.73 bits per heavy atom. The summed E-state index contributed by atoms with van der Waals surface area (Å²) < 4.78 is 6.45. The molecule has 10 rings (SSSR count).